The molecular formula is C15H22O4. The quantitative estimate of drug-likeness (QED) is 0.481. The second-order valence-electron chi connectivity index (χ2n) is 4.65. The van der Waals surface area contributed by atoms with E-state index >= 15 is 0 Å². The number of hydrogen-bond acceptors (Lipinski definition) is 4. The third kappa shape index (κ3) is 6.57. The van der Waals surface area contributed by atoms with Gasteiger partial charge in [0.1, 0.15) is 12.4 Å². The molecule has 4 nitrogen and oxygen atoms in total. The highest BCUT2D eigenvalue weighted by Crippen LogP contribution is 2.16. The molecule has 1 aromatic carbocycles. The van der Waals surface area contributed by atoms with Gasteiger partial charge >= 0.3 is 0 Å². The molecule has 0 saturated carbocycles. The molecule has 2 atom stereocenters. The van der Waals surface area contributed by atoms with Gasteiger partial charge in [-0.25, -0.2) is 0 Å². The predicted molar refractivity (Wildman–Crippen MR) is 72.5 cm³/mol. The molecule has 1 saturated heterocycles. The van der Waals surface area contributed by atoms with Crippen molar-refractivity contribution < 1.29 is 18.9 Å². The van der Waals surface area contributed by atoms with Crippen LogP contribution in [0.15, 0.2) is 30.3 Å². The Bertz CT molecular complexity index is 337. The average molecular weight is 266 g/mol. The van der Waals surface area contributed by atoms with Crippen LogP contribution in [0.25, 0.3) is 0 Å². The Hall–Kier alpha value is -1.10. The topological polar surface area (TPSA) is 40.2 Å². The van der Waals surface area contributed by atoms with E-state index in [0.717, 1.165) is 18.8 Å². The van der Waals surface area contributed by atoms with Crippen LogP contribution in [0, 0.1) is 0 Å². The molecule has 0 amide bonds. The highest BCUT2D eigenvalue weighted by Gasteiger charge is 2.24. The highest BCUT2D eigenvalue weighted by molar-refractivity contribution is 5.20. The van der Waals surface area contributed by atoms with Gasteiger partial charge in [-0.15, -0.1) is 0 Å². The van der Waals surface area contributed by atoms with Crippen LogP contribution in [0.2, 0.25) is 0 Å². The molecule has 0 bridgehead atoms. The van der Waals surface area contributed by atoms with E-state index in [-0.39, 0.29) is 6.10 Å². The van der Waals surface area contributed by atoms with Crippen LogP contribution in [-0.4, -0.2) is 45.2 Å². The monoisotopic (exact) mass is 266 g/mol. The van der Waals surface area contributed by atoms with Crippen LogP contribution in [0.3, 0.4) is 0 Å². The van der Waals surface area contributed by atoms with Gasteiger partial charge in [-0.1, -0.05) is 18.2 Å². The van der Waals surface area contributed by atoms with Crippen molar-refractivity contribution >= 4 is 0 Å². The Morgan fingerprint density at radius 3 is 2.63 bits per heavy atom. The standard InChI is InChI=1S/C15H22O4/c1-13(11-15-12-19-15)17-9-7-16-8-10-18-14-5-3-2-4-6-14/h2-6,13,15H,7-12H2,1H3. The fourth-order valence-electron chi connectivity index (χ4n) is 1.79. The van der Waals surface area contributed by atoms with Crippen LogP contribution < -0.4 is 4.74 Å². The summed E-state index contributed by atoms with van der Waals surface area (Å²) >= 11 is 0. The molecule has 1 fully saturated rings. The smallest absolute Gasteiger partial charge is 0.119 e. The molecule has 0 aliphatic carbocycles. The fourth-order valence-corrected chi connectivity index (χ4v) is 1.79. The maximum absolute atomic E-state index is 5.61. The van der Waals surface area contributed by atoms with Gasteiger partial charge in [-0.3, -0.25) is 0 Å². The molecule has 106 valence electrons. The molecule has 4 heteroatoms. The zero-order valence-electron chi connectivity index (χ0n) is 11.4. The first-order valence-corrected chi connectivity index (χ1v) is 6.83. The molecule has 1 aliphatic rings. The van der Waals surface area contributed by atoms with Gasteiger partial charge in [0.2, 0.25) is 0 Å². The second-order valence-corrected chi connectivity index (χ2v) is 4.65. The summed E-state index contributed by atoms with van der Waals surface area (Å²) in [7, 11) is 0. The molecule has 0 aromatic heterocycles. The SMILES string of the molecule is CC(CC1CO1)OCCOCCOc1ccccc1. The molecule has 2 unspecified atom stereocenters. The van der Waals surface area contributed by atoms with Gasteiger partial charge in [0.15, 0.2) is 0 Å². The second kappa shape index (κ2) is 8.15. The zero-order chi connectivity index (χ0) is 13.3. The molecule has 2 rings (SSSR count). The minimum atomic E-state index is 0.247. The summed E-state index contributed by atoms with van der Waals surface area (Å²) in [5.41, 5.74) is 0. The van der Waals surface area contributed by atoms with Crippen molar-refractivity contribution in [2.45, 2.75) is 25.6 Å². The lowest BCUT2D eigenvalue weighted by Crippen LogP contribution is -2.16. The molecule has 1 aliphatic heterocycles. The first-order chi connectivity index (χ1) is 9.34. The largest absolute Gasteiger partial charge is 0.491 e. The van der Waals surface area contributed by atoms with Gasteiger partial charge in [0.05, 0.1) is 38.6 Å². The Labute approximate surface area is 114 Å². The van der Waals surface area contributed by atoms with E-state index in [4.69, 9.17) is 18.9 Å². The van der Waals surface area contributed by atoms with Gasteiger partial charge in [-0.05, 0) is 19.1 Å². The molecule has 0 radical (unpaired) electrons. The van der Waals surface area contributed by atoms with Crippen molar-refractivity contribution in [3.63, 3.8) is 0 Å². The van der Waals surface area contributed by atoms with Crippen molar-refractivity contribution in [2.75, 3.05) is 33.0 Å². The van der Waals surface area contributed by atoms with Crippen molar-refractivity contribution in [3.8, 4) is 5.75 Å². The lowest BCUT2D eigenvalue weighted by Gasteiger charge is -2.12. The van der Waals surface area contributed by atoms with E-state index in [9.17, 15) is 0 Å². The zero-order valence-corrected chi connectivity index (χ0v) is 11.4. The Morgan fingerprint density at radius 2 is 1.89 bits per heavy atom. The number of rotatable bonds is 10. The number of epoxide rings is 1. The minimum Gasteiger partial charge on any atom is -0.491 e. The normalized spacial score (nSPS) is 19.1. The van der Waals surface area contributed by atoms with Gasteiger partial charge in [0.25, 0.3) is 0 Å². The summed E-state index contributed by atoms with van der Waals surface area (Å²) in [5, 5.41) is 0. The number of para-hydroxylation sites is 1. The van der Waals surface area contributed by atoms with Crippen LogP contribution in [0.4, 0.5) is 0 Å². The summed E-state index contributed by atoms with van der Waals surface area (Å²) in [5.74, 6) is 0.875. The van der Waals surface area contributed by atoms with Crippen LogP contribution in [0.5, 0.6) is 5.75 Å². The van der Waals surface area contributed by atoms with Crippen LogP contribution >= 0.6 is 0 Å². The Morgan fingerprint density at radius 1 is 1.16 bits per heavy atom. The van der Waals surface area contributed by atoms with Crippen molar-refractivity contribution in [1.82, 2.24) is 0 Å². The number of hydrogen-bond donors (Lipinski definition) is 0. The lowest BCUT2D eigenvalue weighted by molar-refractivity contribution is 0.00104. The van der Waals surface area contributed by atoms with E-state index in [0.29, 0.717) is 32.5 Å². The van der Waals surface area contributed by atoms with Crippen molar-refractivity contribution in [1.29, 1.82) is 0 Å². The summed E-state index contributed by atoms with van der Waals surface area (Å²) in [6.45, 7) is 5.34. The van der Waals surface area contributed by atoms with Crippen molar-refractivity contribution in [2.24, 2.45) is 0 Å². The molecule has 1 aromatic rings. The molecular weight excluding hydrogens is 244 g/mol. The average Bonchev–Trinajstić information content (AvgIpc) is 3.23. The molecule has 19 heavy (non-hydrogen) atoms. The Balaban J connectivity index is 1.39. The van der Waals surface area contributed by atoms with E-state index < -0.39 is 0 Å². The van der Waals surface area contributed by atoms with Crippen molar-refractivity contribution in [3.05, 3.63) is 30.3 Å². The molecule has 0 N–H and O–H groups in total. The van der Waals surface area contributed by atoms with E-state index in [1.165, 1.54) is 0 Å². The highest BCUT2D eigenvalue weighted by atomic mass is 16.6. The maximum Gasteiger partial charge on any atom is 0.119 e. The number of ether oxygens (including phenoxy) is 4. The van der Waals surface area contributed by atoms with E-state index in [2.05, 4.69) is 6.92 Å². The maximum atomic E-state index is 5.61. The van der Waals surface area contributed by atoms with Gasteiger partial charge < -0.3 is 18.9 Å². The molecule has 1 heterocycles. The first kappa shape index (κ1) is 14.3. The first-order valence-electron chi connectivity index (χ1n) is 6.83. The lowest BCUT2D eigenvalue weighted by atomic mass is 10.2. The van der Waals surface area contributed by atoms with Gasteiger partial charge in [0, 0.05) is 6.42 Å². The predicted octanol–water partition coefficient (Wildman–Crippen LogP) is 2.28. The minimum absolute atomic E-state index is 0.247. The van der Waals surface area contributed by atoms with Crippen LogP contribution in [-0.2, 0) is 14.2 Å². The number of benzene rings is 1. The Kier molecular flexibility index (Phi) is 6.14. The van der Waals surface area contributed by atoms with Crippen LogP contribution in [0.1, 0.15) is 13.3 Å². The summed E-state index contributed by atoms with van der Waals surface area (Å²) in [4.78, 5) is 0. The molecule has 0 spiro atoms. The summed E-state index contributed by atoms with van der Waals surface area (Å²) < 4.78 is 21.7. The third-order valence-electron chi connectivity index (χ3n) is 2.87. The summed E-state index contributed by atoms with van der Waals surface area (Å²) in [6, 6.07) is 9.74. The fraction of sp³-hybridized carbons (Fsp3) is 0.600. The summed E-state index contributed by atoms with van der Waals surface area (Å²) in [6.07, 6.45) is 1.66. The van der Waals surface area contributed by atoms with Gasteiger partial charge in [-0.2, -0.15) is 0 Å². The third-order valence-corrected chi connectivity index (χ3v) is 2.87. The van der Waals surface area contributed by atoms with E-state index in [1.807, 2.05) is 30.3 Å². The van der Waals surface area contributed by atoms with E-state index in [1.54, 1.807) is 0 Å².